The van der Waals surface area contributed by atoms with Crippen LogP contribution in [-0.2, 0) is 17.9 Å². The third-order valence-electron chi connectivity index (χ3n) is 5.37. The summed E-state index contributed by atoms with van der Waals surface area (Å²) in [5.74, 6) is -2.26. The average molecular weight is 543 g/mol. The van der Waals surface area contributed by atoms with E-state index in [0.717, 1.165) is 40.6 Å². The molecule has 5 rings (SSSR count). The van der Waals surface area contributed by atoms with Gasteiger partial charge in [-0.1, -0.05) is 36.4 Å². The van der Waals surface area contributed by atoms with Crippen LogP contribution in [0.3, 0.4) is 0 Å². The molecule has 0 fully saturated rings. The van der Waals surface area contributed by atoms with E-state index >= 15 is 0 Å². The summed E-state index contributed by atoms with van der Waals surface area (Å²) in [6.07, 6.45) is -5.08. The Balaban J connectivity index is 0.000000426. The van der Waals surface area contributed by atoms with Crippen molar-refractivity contribution in [1.29, 1.82) is 0 Å². The summed E-state index contributed by atoms with van der Waals surface area (Å²) in [6.45, 7) is 1.57. The Morgan fingerprint density at radius 1 is 0.947 bits per heavy atom. The molecule has 0 bridgehead atoms. The van der Waals surface area contributed by atoms with Gasteiger partial charge in [0.05, 0.1) is 15.9 Å². The van der Waals surface area contributed by atoms with Gasteiger partial charge < -0.3 is 21.1 Å². The largest absolute Gasteiger partial charge is 0.490 e. The van der Waals surface area contributed by atoms with Gasteiger partial charge in [-0.25, -0.2) is 14.2 Å². The zero-order valence-corrected chi connectivity index (χ0v) is 20.5. The quantitative estimate of drug-likeness (QED) is 0.143. The molecule has 0 radical (unpaired) electrons. The van der Waals surface area contributed by atoms with Gasteiger partial charge in [0.1, 0.15) is 11.6 Å². The van der Waals surface area contributed by atoms with Gasteiger partial charge in [0.2, 0.25) is 0 Å². The topological polar surface area (TPSA) is 104 Å². The minimum Gasteiger partial charge on any atom is -0.475 e. The molecule has 6 nitrogen and oxygen atoms in total. The van der Waals surface area contributed by atoms with E-state index in [1.54, 1.807) is 17.4 Å². The fourth-order valence-corrected chi connectivity index (χ4v) is 4.52. The second-order valence-corrected chi connectivity index (χ2v) is 9.34. The van der Waals surface area contributed by atoms with E-state index in [4.69, 9.17) is 15.6 Å². The highest BCUT2D eigenvalue weighted by atomic mass is 32.1. The number of aromatic amines is 1. The number of alkyl halides is 3. The molecule has 5 aromatic rings. The summed E-state index contributed by atoms with van der Waals surface area (Å²) in [6, 6.07) is 25.2. The number of aliphatic carboxylic acids is 1. The van der Waals surface area contributed by atoms with E-state index in [1.807, 2.05) is 18.2 Å². The van der Waals surface area contributed by atoms with Crippen molar-refractivity contribution in [2.75, 3.05) is 5.73 Å². The van der Waals surface area contributed by atoms with Crippen LogP contribution in [0.15, 0.2) is 78.9 Å². The van der Waals surface area contributed by atoms with E-state index in [0.29, 0.717) is 5.52 Å². The van der Waals surface area contributed by atoms with Crippen LogP contribution in [0.2, 0.25) is 0 Å². The standard InChI is InChI=1S/C25H21FN4S.C2HF3O2/c26-19-8-9-21-22(13-19)30-25(29-21)24-11-10-23(31-24)18-6-4-16(5-7-18)14-28-15-17-2-1-3-20(27)12-17;3-2(4,5)1(6)7/h1-13,28H,14-15,27H2,(H,29,30);(H,6,7). The zero-order valence-electron chi connectivity index (χ0n) is 19.7. The molecular weight excluding hydrogens is 520 g/mol. The number of nitrogens with zero attached hydrogens (tertiary/aromatic N) is 1. The van der Waals surface area contributed by atoms with Gasteiger partial charge in [-0.2, -0.15) is 13.2 Å². The lowest BCUT2D eigenvalue weighted by molar-refractivity contribution is -0.192. The number of carboxylic acid groups (broad SMARTS) is 1. The summed E-state index contributed by atoms with van der Waals surface area (Å²) in [4.78, 5) is 18.9. The predicted octanol–water partition coefficient (Wildman–Crippen LogP) is 6.60. The van der Waals surface area contributed by atoms with Crippen molar-refractivity contribution >= 4 is 34.0 Å². The van der Waals surface area contributed by atoms with Crippen molar-refractivity contribution in [3.05, 3.63) is 95.8 Å². The van der Waals surface area contributed by atoms with Gasteiger partial charge in [0.15, 0.2) is 0 Å². The Morgan fingerprint density at radius 2 is 1.63 bits per heavy atom. The maximum absolute atomic E-state index is 13.4. The molecule has 38 heavy (non-hydrogen) atoms. The molecule has 3 aromatic carbocycles. The third kappa shape index (κ3) is 6.96. The number of nitrogens with one attached hydrogen (secondary N) is 2. The molecule has 0 spiro atoms. The van der Waals surface area contributed by atoms with Crippen LogP contribution < -0.4 is 11.1 Å². The molecule has 2 heterocycles. The lowest BCUT2D eigenvalue weighted by Gasteiger charge is -2.07. The number of anilines is 1. The number of nitrogens with two attached hydrogens (primary N) is 1. The molecule has 0 unspecified atom stereocenters. The molecule has 0 atom stereocenters. The molecule has 0 aliphatic carbocycles. The first kappa shape index (κ1) is 26.8. The van der Waals surface area contributed by atoms with Crippen LogP contribution in [0.4, 0.5) is 23.2 Å². The van der Waals surface area contributed by atoms with Crippen LogP contribution in [0.5, 0.6) is 0 Å². The first-order chi connectivity index (χ1) is 18.1. The maximum atomic E-state index is 13.4. The fraction of sp³-hybridized carbons (Fsp3) is 0.111. The first-order valence-corrected chi connectivity index (χ1v) is 12.1. The van der Waals surface area contributed by atoms with Gasteiger partial charge >= 0.3 is 12.1 Å². The lowest BCUT2D eigenvalue weighted by atomic mass is 10.1. The monoisotopic (exact) mass is 542 g/mol. The third-order valence-corrected chi connectivity index (χ3v) is 6.51. The smallest absolute Gasteiger partial charge is 0.475 e. The van der Waals surface area contributed by atoms with Gasteiger partial charge in [-0.05, 0) is 59.2 Å². The highest BCUT2D eigenvalue weighted by Crippen LogP contribution is 2.34. The number of hydrogen-bond donors (Lipinski definition) is 4. The van der Waals surface area contributed by atoms with Crippen molar-refractivity contribution in [2.45, 2.75) is 19.3 Å². The van der Waals surface area contributed by atoms with E-state index in [2.05, 4.69) is 57.7 Å². The number of H-pyrrole nitrogens is 1. The van der Waals surface area contributed by atoms with E-state index in [9.17, 15) is 17.6 Å². The maximum Gasteiger partial charge on any atom is 0.490 e. The van der Waals surface area contributed by atoms with Gasteiger partial charge in [0, 0.05) is 23.7 Å². The van der Waals surface area contributed by atoms with Gasteiger partial charge in [-0.3, -0.25) is 0 Å². The highest BCUT2D eigenvalue weighted by Gasteiger charge is 2.38. The number of imidazole rings is 1. The minimum absolute atomic E-state index is 0.267. The van der Waals surface area contributed by atoms with Crippen LogP contribution >= 0.6 is 11.3 Å². The second-order valence-electron chi connectivity index (χ2n) is 8.26. The number of nitrogen functional groups attached to an aromatic ring is 1. The van der Waals surface area contributed by atoms with E-state index in [1.165, 1.54) is 28.1 Å². The first-order valence-electron chi connectivity index (χ1n) is 11.3. The lowest BCUT2D eigenvalue weighted by Crippen LogP contribution is -2.21. The second kappa shape index (κ2) is 11.4. The Morgan fingerprint density at radius 3 is 2.32 bits per heavy atom. The van der Waals surface area contributed by atoms with Crippen LogP contribution in [0.25, 0.3) is 32.2 Å². The molecule has 196 valence electrons. The Bertz CT molecular complexity index is 1550. The number of hydrogen-bond acceptors (Lipinski definition) is 5. The SMILES string of the molecule is Nc1cccc(CNCc2ccc(-c3ccc(-c4nc5ccc(F)cc5[nH]4)s3)cc2)c1.O=C(O)C(F)(F)F. The number of halogens is 4. The van der Waals surface area contributed by atoms with Crippen LogP contribution in [-0.4, -0.2) is 27.2 Å². The zero-order chi connectivity index (χ0) is 27.3. The van der Waals surface area contributed by atoms with Crippen LogP contribution in [0.1, 0.15) is 11.1 Å². The molecule has 5 N–H and O–H groups in total. The number of carboxylic acids is 1. The molecule has 2 aromatic heterocycles. The van der Waals surface area contributed by atoms with Crippen molar-refractivity contribution in [3.8, 4) is 21.1 Å². The molecule has 0 amide bonds. The fourth-order valence-electron chi connectivity index (χ4n) is 3.56. The van der Waals surface area contributed by atoms with E-state index in [-0.39, 0.29) is 5.82 Å². The molecule has 0 aliphatic heterocycles. The average Bonchev–Trinajstić information content (AvgIpc) is 3.51. The molecule has 0 saturated carbocycles. The summed E-state index contributed by atoms with van der Waals surface area (Å²) in [7, 11) is 0. The number of rotatable bonds is 6. The van der Waals surface area contributed by atoms with Gasteiger partial charge in [-0.15, -0.1) is 11.3 Å². The van der Waals surface area contributed by atoms with Gasteiger partial charge in [0.25, 0.3) is 0 Å². The van der Waals surface area contributed by atoms with Crippen molar-refractivity contribution in [3.63, 3.8) is 0 Å². The summed E-state index contributed by atoms with van der Waals surface area (Å²) < 4.78 is 45.2. The Labute approximate surface area is 218 Å². The summed E-state index contributed by atoms with van der Waals surface area (Å²) in [5, 5.41) is 10.6. The molecule has 0 aliphatic rings. The number of thiophene rings is 1. The number of carbonyl (C=O) groups is 1. The molecular formula is C27H22F4N4O2S. The number of fused-ring (bicyclic) bond motifs is 1. The van der Waals surface area contributed by atoms with Crippen molar-refractivity contribution in [2.24, 2.45) is 0 Å². The van der Waals surface area contributed by atoms with Crippen LogP contribution in [0, 0.1) is 5.82 Å². The Hall–Kier alpha value is -4.22. The molecule has 11 heteroatoms. The normalized spacial score (nSPS) is 11.3. The van der Waals surface area contributed by atoms with E-state index < -0.39 is 12.1 Å². The van der Waals surface area contributed by atoms with Crippen molar-refractivity contribution < 1.29 is 27.5 Å². The van der Waals surface area contributed by atoms with Crippen molar-refractivity contribution in [1.82, 2.24) is 15.3 Å². The molecule has 0 saturated heterocycles. The number of aromatic nitrogens is 2. The summed E-state index contributed by atoms with van der Waals surface area (Å²) >= 11 is 1.67. The summed E-state index contributed by atoms with van der Waals surface area (Å²) in [5.41, 5.74) is 11.7. The predicted molar refractivity (Wildman–Crippen MR) is 140 cm³/mol. The highest BCUT2D eigenvalue weighted by molar-refractivity contribution is 7.18. The Kier molecular flexibility index (Phi) is 8.08. The minimum atomic E-state index is -5.08. The number of benzene rings is 3.